The van der Waals surface area contributed by atoms with Crippen LogP contribution in [0.3, 0.4) is 0 Å². The summed E-state index contributed by atoms with van der Waals surface area (Å²) in [5, 5.41) is 17.5. The van der Waals surface area contributed by atoms with Crippen molar-refractivity contribution in [2.75, 3.05) is 29.5 Å². The van der Waals surface area contributed by atoms with Crippen molar-refractivity contribution in [3.63, 3.8) is 0 Å². The molecular weight excluding hydrogens is 232 g/mol. The molecule has 6 N–H and O–H groups in total. The molecule has 7 heteroatoms. The molecule has 0 bridgehead atoms. The summed E-state index contributed by atoms with van der Waals surface area (Å²) in [5.74, 6) is 0.797. The Bertz CT molecular complexity index is 473. The van der Waals surface area contributed by atoms with Crippen LogP contribution in [0.2, 0.25) is 0 Å². The second-order valence-corrected chi connectivity index (χ2v) is 4.87. The van der Waals surface area contributed by atoms with E-state index in [1.807, 2.05) is 4.90 Å². The molecule has 0 saturated carbocycles. The molecule has 1 fully saturated rings. The standard InChI is InChI=1S/C11H18N6O/c1-11(18)3-2-4-17(6-11)9-7(5-12)8(13)15-10(14)16-9/h5,12,18H,2-4,6H2,1H3,(H4,13,14,15,16)/t11-/m0/s1. The fraction of sp³-hybridized carbons (Fsp3) is 0.545. The highest BCUT2D eigenvalue weighted by Crippen LogP contribution is 2.28. The Morgan fingerprint density at radius 1 is 1.44 bits per heavy atom. The zero-order valence-corrected chi connectivity index (χ0v) is 10.3. The third kappa shape index (κ3) is 2.35. The quantitative estimate of drug-likeness (QED) is 0.547. The van der Waals surface area contributed by atoms with E-state index in [1.165, 1.54) is 0 Å². The molecule has 0 unspecified atom stereocenters. The van der Waals surface area contributed by atoms with Crippen molar-refractivity contribution in [2.45, 2.75) is 25.4 Å². The summed E-state index contributed by atoms with van der Waals surface area (Å²) in [4.78, 5) is 9.89. The second-order valence-electron chi connectivity index (χ2n) is 4.87. The van der Waals surface area contributed by atoms with Gasteiger partial charge in [0.1, 0.15) is 11.6 Å². The summed E-state index contributed by atoms with van der Waals surface area (Å²) in [6.07, 6.45) is 2.72. The number of hydrogen-bond donors (Lipinski definition) is 4. The SMILES string of the molecule is C[C@]1(O)CCCN(c2nc(N)nc(N)c2C=N)C1. The molecule has 1 aliphatic heterocycles. The molecule has 18 heavy (non-hydrogen) atoms. The van der Waals surface area contributed by atoms with Gasteiger partial charge < -0.3 is 26.9 Å². The maximum atomic E-state index is 10.1. The maximum absolute atomic E-state index is 10.1. The zero-order chi connectivity index (χ0) is 13.3. The van der Waals surface area contributed by atoms with E-state index in [-0.39, 0.29) is 11.8 Å². The van der Waals surface area contributed by atoms with Crippen LogP contribution in [0, 0.1) is 5.41 Å². The van der Waals surface area contributed by atoms with Gasteiger partial charge in [0.15, 0.2) is 0 Å². The van der Waals surface area contributed by atoms with Crippen LogP contribution in [0.1, 0.15) is 25.3 Å². The van der Waals surface area contributed by atoms with Crippen molar-refractivity contribution in [3.05, 3.63) is 5.56 Å². The lowest BCUT2D eigenvalue weighted by Crippen LogP contribution is -2.47. The molecule has 1 aromatic heterocycles. The van der Waals surface area contributed by atoms with E-state index in [9.17, 15) is 5.11 Å². The molecule has 2 rings (SSSR count). The Labute approximate surface area is 105 Å². The average Bonchev–Trinajstić information content (AvgIpc) is 2.26. The zero-order valence-electron chi connectivity index (χ0n) is 10.3. The van der Waals surface area contributed by atoms with E-state index in [1.54, 1.807) is 6.92 Å². The molecule has 1 aromatic rings. The lowest BCUT2D eigenvalue weighted by atomic mass is 9.95. The van der Waals surface area contributed by atoms with Crippen LogP contribution in [0.25, 0.3) is 0 Å². The third-order valence-corrected chi connectivity index (χ3v) is 3.09. The number of piperidine rings is 1. The highest BCUT2D eigenvalue weighted by molar-refractivity contribution is 5.90. The number of rotatable bonds is 2. The number of nitrogens with zero attached hydrogens (tertiary/aromatic N) is 3. The lowest BCUT2D eigenvalue weighted by molar-refractivity contribution is 0.0447. The van der Waals surface area contributed by atoms with Crippen LogP contribution in [-0.2, 0) is 0 Å². The highest BCUT2D eigenvalue weighted by atomic mass is 16.3. The number of nitrogen functional groups attached to an aromatic ring is 2. The van der Waals surface area contributed by atoms with E-state index in [4.69, 9.17) is 16.9 Å². The van der Waals surface area contributed by atoms with Gasteiger partial charge in [-0.25, -0.2) is 0 Å². The predicted octanol–water partition coefficient (Wildman–Crippen LogP) is -0.0101. The first-order valence-electron chi connectivity index (χ1n) is 5.84. The van der Waals surface area contributed by atoms with Gasteiger partial charge in [-0.3, -0.25) is 0 Å². The van der Waals surface area contributed by atoms with Gasteiger partial charge >= 0.3 is 0 Å². The summed E-state index contributed by atoms with van der Waals surface area (Å²) < 4.78 is 0. The number of aliphatic hydroxyl groups is 1. The minimum absolute atomic E-state index is 0.0818. The van der Waals surface area contributed by atoms with Gasteiger partial charge in [0.05, 0.1) is 11.2 Å². The van der Waals surface area contributed by atoms with Crippen LogP contribution in [0.15, 0.2) is 0 Å². The Kier molecular flexibility index (Phi) is 3.08. The van der Waals surface area contributed by atoms with Crippen LogP contribution >= 0.6 is 0 Å². The first-order valence-corrected chi connectivity index (χ1v) is 5.84. The summed E-state index contributed by atoms with van der Waals surface area (Å²) in [5.41, 5.74) is 11.0. The average molecular weight is 250 g/mol. The highest BCUT2D eigenvalue weighted by Gasteiger charge is 2.30. The molecule has 7 nitrogen and oxygen atoms in total. The molecule has 0 spiro atoms. The third-order valence-electron chi connectivity index (χ3n) is 3.09. The molecule has 98 valence electrons. The Hall–Kier alpha value is -1.89. The summed E-state index contributed by atoms with van der Waals surface area (Å²) in [7, 11) is 0. The van der Waals surface area contributed by atoms with Gasteiger partial charge in [-0.05, 0) is 19.8 Å². The fourth-order valence-electron chi connectivity index (χ4n) is 2.27. The monoisotopic (exact) mass is 250 g/mol. The molecule has 0 amide bonds. The summed E-state index contributed by atoms with van der Waals surface area (Å²) in [6.45, 7) is 2.99. The number of aromatic nitrogens is 2. The van der Waals surface area contributed by atoms with Gasteiger partial charge in [0.2, 0.25) is 5.95 Å². The second kappa shape index (κ2) is 4.41. The van der Waals surface area contributed by atoms with Gasteiger partial charge in [0.25, 0.3) is 0 Å². The number of β-amino-alcohol motifs (C(OH)–C–C–N with tert-alkyl or cyclic N) is 1. The smallest absolute Gasteiger partial charge is 0.223 e. The fourth-order valence-corrected chi connectivity index (χ4v) is 2.27. The number of nitrogens with two attached hydrogens (primary N) is 2. The molecule has 0 aromatic carbocycles. The Morgan fingerprint density at radius 3 is 2.78 bits per heavy atom. The van der Waals surface area contributed by atoms with Crippen molar-refractivity contribution >= 4 is 23.8 Å². The normalized spacial score (nSPS) is 24.0. The predicted molar refractivity (Wildman–Crippen MR) is 70.8 cm³/mol. The van der Waals surface area contributed by atoms with E-state index in [0.717, 1.165) is 25.6 Å². The van der Waals surface area contributed by atoms with Crippen molar-refractivity contribution < 1.29 is 5.11 Å². The number of nitrogens with one attached hydrogen (secondary N) is 1. The minimum atomic E-state index is -0.758. The van der Waals surface area contributed by atoms with Crippen molar-refractivity contribution in [1.82, 2.24) is 9.97 Å². The van der Waals surface area contributed by atoms with Gasteiger partial charge in [-0.2, -0.15) is 9.97 Å². The van der Waals surface area contributed by atoms with E-state index in [2.05, 4.69) is 9.97 Å². The number of anilines is 3. The topological polar surface area (TPSA) is 125 Å². The molecule has 0 aliphatic carbocycles. The van der Waals surface area contributed by atoms with Crippen LogP contribution in [-0.4, -0.2) is 40.0 Å². The molecule has 1 saturated heterocycles. The maximum Gasteiger partial charge on any atom is 0.223 e. The molecule has 1 aliphatic rings. The molecular formula is C11H18N6O. The van der Waals surface area contributed by atoms with E-state index < -0.39 is 5.60 Å². The van der Waals surface area contributed by atoms with Gasteiger partial charge in [-0.1, -0.05) is 0 Å². The molecule has 2 heterocycles. The Balaban J connectivity index is 2.40. The number of hydrogen-bond acceptors (Lipinski definition) is 7. The van der Waals surface area contributed by atoms with Crippen molar-refractivity contribution in [1.29, 1.82) is 5.41 Å². The van der Waals surface area contributed by atoms with Crippen LogP contribution in [0.4, 0.5) is 17.6 Å². The first kappa shape index (κ1) is 12.6. The molecule has 1 atom stereocenters. The van der Waals surface area contributed by atoms with Crippen LogP contribution in [0.5, 0.6) is 0 Å². The molecule has 0 radical (unpaired) electrons. The largest absolute Gasteiger partial charge is 0.388 e. The van der Waals surface area contributed by atoms with Gasteiger partial charge in [-0.15, -0.1) is 0 Å². The van der Waals surface area contributed by atoms with E-state index in [0.29, 0.717) is 17.9 Å². The Morgan fingerprint density at radius 2 is 2.17 bits per heavy atom. The van der Waals surface area contributed by atoms with Crippen molar-refractivity contribution in [2.24, 2.45) is 0 Å². The summed E-state index contributed by atoms with van der Waals surface area (Å²) in [6, 6.07) is 0. The van der Waals surface area contributed by atoms with Crippen LogP contribution < -0.4 is 16.4 Å². The summed E-state index contributed by atoms with van der Waals surface area (Å²) >= 11 is 0. The van der Waals surface area contributed by atoms with Crippen molar-refractivity contribution in [3.8, 4) is 0 Å². The lowest BCUT2D eigenvalue weighted by Gasteiger charge is -2.38. The minimum Gasteiger partial charge on any atom is -0.388 e. The van der Waals surface area contributed by atoms with E-state index >= 15 is 0 Å². The first-order chi connectivity index (χ1) is 8.43. The van der Waals surface area contributed by atoms with Gasteiger partial charge in [0, 0.05) is 19.3 Å².